The lowest BCUT2D eigenvalue weighted by Gasteiger charge is -2.46. The highest BCUT2D eigenvalue weighted by Crippen LogP contribution is 2.31. The summed E-state index contributed by atoms with van der Waals surface area (Å²) in [5.74, 6) is 1.59. The number of hydrogen-bond donors (Lipinski definition) is 1. The third kappa shape index (κ3) is 3.40. The van der Waals surface area contributed by atoms with Crippen LogP contribution in [0.15, 0.2) is 41.2 Å². The first-order valence-electron chi connectivity index (χ1n) is 9.81. The first-order chi connectivity index (χ1) is 13.8. The summed E-state index contributed by atoms with van der Waals surface area (Å²) in [6.45, 7) is 4.83. The second-order valence-electron chi connectivity index (χ2n) is 7.65. The number of halogens is 1. The van der Waals surface area contributed by atoms with Crippen LogP contribution >= 0.6 is 0 Å². The molecule has 146 valence electrons. The summed E-state index contributed by atoms with van der Waals surface area (Å²) in [6, 6.07) is 8.59. The lowest BCUT2D eigenvalue weighted by Crippen LogP contribution is -2.57. The van der Waals surface area contributed by atoms with Gasteiger partial charge >= 0.3 is 0 Å². The minimum Gasteiger partial charge on any atom is -0.354 e. The molecule has 0 amide bonds. The molecule has 0 unspecified atom stereocenters. The summed E-state index contributed by atoms with van der Waals surface area (Å²) in [5, 5.41) is 8.65. The van der Waals surface area contributed by atoms with Gasteiger partial charge in [0.05, 0.1) is 17.8 Å². The highest BCUT2D eigenvalue weighted by molar-refractivity contribution is 5.88. The molecule has 2 saturated heterocycles. The fourth-order valence-electron chi connectivity index (χ4n) is 4.36. The van der Waals surface area contributed by atoms with E-state index in [4.69, 9.17) is 4.52 Å². The third-order valence-electron chi connectivity index (χ3n) is 5.83. The molecular formula is C20H23FN6O. The van der Waals surface area contributed by atoms with Gasteiger partial charge in [-0.05, 0) is 30.9 Å². The SMILES string of the molecule is Fc1cnc(NC[C@@H]2CC[C@@H]3CN(c4noc5ccccc45)CCN3C2)nc1. The molecule has 2 aromatic heterocycles. The van der Waals surface area contributed by atoms with Gasteiger partial charge < -0.3 is 14.7 Å². The van der Waals surface area contributed by atoms with Crippen LogP contribution in [-0.4, -0.2) is 58.8 Å². The molecule has 1 N–H and O–H groups in total. The minimum atomic E-state index is -0.413. The molecule has 8 heteroatoms. The van der Waals surface area contributed by atoms with E-state index < -0.39 is 5.82 Å². The Bertz CT molecular complexity index is 945. The van der Waals surface area contributed by atoms with Crippen molar-refractivity contribution in [2.45, 2.75) is 18.9 Å². The quantitative estimate of drug-likeness (QED) is 0.744. The Balaban J connectivity index is 1.19. The standard InChI is InChI=1S/C20H23FN6O/c21-15-10-23-20(24-11-15)22-9-14-5-6-16-13-27(8-7-26(16)12-14)19-17-3-1-2-4-18(17)28-25-19/h1-4,10-11,14,16H,5-9,12-13H2,(H,22,23,24)/t14-,16+/m0/s1. The number of piperidine rings is 1. The Kier molecular flexibility index (Phi) is 4.56. The molecule has 2 aliphatic rings. The molecule has 2 atom stereocenters. The maximum atomic E-state index is 12.9. The predicted molar refractivity (Wildman–Crippen MR) is 105 cm³/mol. The second kappa shape index (κ2) is 7.35. The van der Waals surface area contributed by atoms with Crippen LogP contribution < -0.4 is 10.2 Å². The Labute approximate surface area is 162 Å². The molecule has 0 bridgehead atoms. The molecule has 3 aromatic rings. The Hall–Kier alpha value is -2.74. The first kappa shape index (κ1) is 17.4. The molecule has 0 spiro atoms. The number of rotatable bonds is 4. The summed E-state index contributed by atoms with van der Waals surface area (Å²) in [7, 11) is 0. The molecule has 0 radical (unpaired) electrons. The van der Waals surface area contributed by atoms with Crippen molar-refractivity contribution >= 4 is 22.7 Å². The molecule has 0 saturated carbocycles. The summed E-state index contributed by atoms with van der Waals surface area (Å²) < 4.78 is 18.4. The number of nitrogens with zero attached hydrogens (tertiary/aromatic N) is 5. The van der Waals surface area contributed by atoms with Gasteiger partial charge in [0.2, 0.25) is 5.95 Å². The minimum absolute atomic E-state index is 0.413. The largest absolute Gasteiger partial charge is 0.354 e. The Morgan fingerprint density at radius 1 is 1.11 bits per heavy atom. The molecule has 5 rings (SSSR count). The van der Waals surface area contributed by atoms with Gasteiger partial charge in [-0.2, -0.15) is 0 Å². The average Bonchev–Trinajstić information content (AvgIpc) is 3.17. The van der Waals surface area contributed by atoms with Gasteiger partial charge in [0.25, 0.3) is 0 Å². The second-order valence-corrected chi connectivity index (χ2v) is 7.65. The van der Waals surface area contributed by atoms with Gasteiger partial charge in [-0.1, -0.05) is 17.3 Å². The van der Waals surface area contributed by atoms with Crippen molar-refractivity contribution in [3.05, 3.63) is 42.5 Å². The highest BCUT2D eigenvalue weighted by atomic mass is 19.1. The van der Waals surface area contributed by atoms with Crippen LogP contribution in [0.4, 0.5) is 16.2 Å². The number of aromatic nitrogens is 3. The van der Waals surface area contributed by atoms with Crippen LogP contribution in [0.3, 0.4) is 0 Å². The van der Waals surface area contributed by atoms with Crippen LogP contribution in [-0.2, 0) is 0 Å². The zero-order valence-electron chi connectivity index (χ0n) is 15.6. The van der Waals surface area contributed by atoms with E-state index in [1.54, 1.807) is 0 Å². The van der Waals surface area contributed by atoms with E-state index in [9.17, 15) is 4.39 Å². The number of hydrogen-bond acceptors (Lipinski definition) is 7. The van der Waals surface area contributed by atoms with Crippen LogP contribution in [0.25, 0.3) is 11.0 Å². The predicted octanol–water partition coefficient (Wildman–Crippen LogP) is 2.77. The van der Waals surface area contributed by atoms with Crippen molar-refractivity contribution in [3.8, 4) is 0 Å². The van der Waals surface area contributed by atoms with Gasteiger partial charge in [-0.25, -0.2) is 14.4 Å². The molecule has 2 aliphatic heterocycles. The monoisotopic (exact) mass is 382 g/mol. The smallest absolute Gasteiger partial charge is 0.222 e. The number of fused-ring (bicyclic) bond motifs is 2. The maximum Gasteiger partial charge on any atom is 0.222 e. The van der Waals surface area contributed by atoms with Gasteiger partial charge in [-0.15, -0.1) is 0 Å². The first-order valence-corrected chi connectivity index (χ1v) is 9.81. The van der Waals surface area contributed by atoms with Crippen molar-refractivity contribution in [2.24, 2.45) is 5.92 Å². The van der Waals surface area contributed by atoms with E-state index in [0.29, 0.717) is 17.9 Å². The number of anilines is 2. The van der Waals surface area contributed by atoms with E-state index in [0.717, 1.165) is 62.4 Å². The summed E-state index contributed by atoms with van der Waals surface area (Å²) in [5.41, 5.74) is 0.845. The lowest BCUT2D eigenvalue weighted by molar-refractivity contribution is 0.0994. The lowest BCUT2D eigenvalue weighted by atomic mass is 9.91. The summed E-state index contributed by atoms with van der Waals surface area (Å²) >= 11 is 0. The van der Waals surface area contributed by atoms with E-state index in [2.05, 4.69) is 36.3 Å². The fraction of sp³-hybridized carbons (Fsp3) is 0.450. The number of piperazine rings is 1. The average molecular weight is 382 g/mol. The van der Waals surface area contributed by atoms with Crippen molar-refractivity contribution in [1.29, 1.82) is 0 Å². The number of para-hydroxylation sites is 1. The van der Waals surface area contributed by atoms with Crippen LogP contribution in [0.1, 0.15) is 12.8 Å². The van der Waals surface area contributed by atoms with E-state index in [-0.39, 0.29) is 0 Å². The van der Waals surface area contributed by atoms with Gasteiger partial charge in [-0.3, -0.25) is 4.90 Å². The molecule has 4 heterocycles. The van der Waals surface area contributed by atoms with Gasteiger partial charge in [0, 0.05) is 38.8 Å². The van der Waals surface area contributed by atoms with Crippen molar-refractivity contribution in [2.75, 3.05) is 42.9 Å². The van der Waals surface area contributed by atoms with Crippen molar-refractivity contribution in [3.63, 3.8) is 0 Å². The maximum absolute atomic E-state index is 12.9. The summed E-state index contributed by atoms with van der Waals surface area (Å²) in [6.07, 6.45) is 4.70. The Morgan fingerprint density at radius 3 is 2.86 bits per heavy atom. The topological polar surface area (TPSA) is 70.3 Å². The van der Waals surface area contributed by atoms with Crippen molar-refractivity contribution in [1.82, 2.24) is 20.0 Å². The van der Waals surface area contributed by atoms with Crippen LogP contribution in [0.2, 0.25) is 0 Å². The molecule has 28 heavy (non-hydrogen) atoms. The molecule has 2 fully saturated rings. The zero-order chi connectivity index (χ0) is 18.9. The van der Waals surface area contributed by atoms with Crippen LogP contribution in [0, 0.1) is 11.7 Å². The van der Waals surface area contributed by atoms with Crippen molar-refractivity contribution < 1.29 is 8.91 Å². The molecule has 0 aliphatic carbocycles. The molecule has 1 aromatic carbocycles. The molecular weight excluding hydrogens is 359 g/mol. The zero-order valence-corrected chi connectivity index (χ0v) is 15.6. The van der Waals surface area contributed by atoms with E-state index >= 15 is 0 Å². The fourth-order valence-corrected chi connectivity index (χ4v) is 4.36. The van der Waals surface area contributed by atoms with Gasteiger partial charge in [0.1, 0.15) is 0 Å². The van der Waals surface area contributed by atoms with Gasteiger partial charge in [0.15, 0.2) is 17.2 Å². The number of benzene rings is 1. The van der Waals surface area contributed by atoms with Crippen LogP contribution in [0.5, 0.6) is 0 Å². The summed E-state index contributed by atoms with van der Waals surface area (Å²) in [4.78, 5) is 12.9. The Morgan fingerprint density at radius 2 is 1.96 bits per heavy atom. The number of nitrogens with one attached hydrogen (secondary N) is 1. The van der Waals surface area contributed by atoms with E-state index in [1.165, 1.54) is 12.4 Å². The third-order valence-corrected chi connectivity index (χ3v) is 5.83. The van der Waals surface area contributed by atoms with E-state index in [1.807, 2.05) is 18.2 Å². The highest BCUT2D eigenvalue weighted by Gasteiger charge is 2.34. The normalized spacial score (nSPS) is 23.0. The molecule has 7 nitrogen and oxygen atoms in total.